The fraction of sp³-hybridized carbons (Fsp3) is 0.500. The number of benzene rings is 6. The first-order valence-electron chi connectivity index (χ1n) is 50.1. The first kappa shape index (κ1) is 108. The van der Waals surface area contributed by atoms with E-state index in [9.17, 15) is 27.6 Å². The average molecular weight is 2030 g/mol. The van der Waals surface area contributed by atoms with Gasteiger partial charge in [0.05, 0.1) is 93.4 Å². The highest BCUT2D eigenvalue weighted by Gasteiger charge is 2.71. The van der Waals surface area contributed by atoms with Crippen molar-refractivity contribution < 1.29 is 74.1 Å². The van der Waals surface area contributed by atoms with Gasteiger partial charge in [0.25, 0.3) is 0 Å². The van der Waals surface area contributed by atoms with Crippen LogP contribution in [0.2, 0.25) is 0 Å². The number of halogens is 3. The molecular formula is C108H141F3N21O13P. The molecule has 3 aliphatic heterocycles. The number of nitrogens with one attached hydrogen (secondary N) is 6. The molecule has 782 valence electrons. The van der Waals surface area contributed by atoms with Crippen LogP contribution in [0.4, 0.5) is 64.7 Å². The molecule has 15 rings (SSSR count). The Hall–Kier alpha value is -12.6. The third-order valence-corrected chi connectivity index (χ3v) is 29.7. The van der Waals surface area contributed by atoms with Crippen molar-refractivity contribution in [3.8, 4) is 34.5 Å². The summed E-state index contributed by atoms with van der Waals surface area (Å²) in [5, 5.41) is 33.3. The molecule has 0 bridgehead atoms. The number of aromatic nitrogens is 12. The van der Waals surface area contributed by atoms with Gasteiger partial charge in [0, 0.05) is 108 Å². The summed E-state index contributed by atoms with van der Waals surface area (Å²) in [6, 6.07) is 27.0. The predicted molar refractivity (Wildman–Crippen MR) is 560 cm³/mol. The van der Waals surface area contributed by atoms with Crippen molar-refractivity contribution in [3.05, 3.63) is 183 Å². The molecule has 12 aromatic rings. The predicted octanol–water partition coefficient (Wildman–Crippen LogP) is 21.4. The fourth-order valence-electron chi connectivity index (χ4n) is 23.0. The number of ether oxygens (including phenoxy) is 6. The second-order valence-corrected chi connectivity index (χ2v) is 45.6. The number of hydrogen-bond donors (Lipinski definition) is 6. The SMILES string of the molecule is COc1cc2c(Nc3cnn(CC(=O)Nc4cccc(F)c4)c3)ncnc2cc1OCCCN1CCC[C@H]1C(OP(=O)(OC([C@@H]1CCCN1CCCOc1cc2ncnc(Nc3cnn(CC(=O)Nc4cccc(F)c4)c3)c2cc1OC)(C(C)(C)C)C(C)(C)C)OC([C@@H]1CCCN1CCCOc1cc2ncnc(Nc3cnn(CC(=O)Nc4cccc(F)c4)c3)c2cc1OC)(C(C)(C)C)C(C)(C)C)(C(C)(C)C)C(C)(C)C. The second kappa shape index (κ2) is 44.2. The van der Waals surface area contributed by atoms with Crippen LogP contribution in [-0.2, 0) is 52.2 Å². The van der Waals surface area contributed by atoms with Crippen LogP contribution >= 0.6 is 7.82 Å². The Morgan fingerprint density at radius 1 is 0.363 bits per heavy atom. The lowest BCUT2D eigenvalue weighted by Gasteiger charge is -2.63. The number of methoxy groups -OCH3 is 3. The lowest BCUT2D eigenvalue weighted by molar-refractivity contribution is -0.234. The maximum Gasteiger partial charge on any atom is 0.476 e. The normalized spacial score (nSPS) is 16.2. The minimum absolute atomic E-state index is 0.123. The molecule has 6 N–H and O–H groups in total. The van der Waals surface area contributed by atoms with Gasteiger partial charge in [0.2, 0.25) is 17.7 Å². The molecule has 38 heteroatoms. The minimum atomic E-state index is -5.15. The third kappa shape index (κ3) is 23.9. The first-order chi connectivity index (χ1) is 69.2. The summed E-state index contributed by atoms with van der Waals surface area (Å²) in [4.78, 5) is 74.3. The molecule has 0 aliphatic carbocycles. The van der Waals surface area contributed by atoms with Crippen LogP contribution in [0.25, 0.3) is 32.7 Å². The molecule has 34 nitrogen and oxygen atoms in total. The molecule has 3 amide bonds. The zero-order valence-electron chi connectivity index (χ0n) is 87.8. The summed E-state index contributed by atoms with van der Waals surface area (Å²) in [6.45, 7) is 44.3. The third-order valence-electron chi connectivity index (χ3n) is 28.2. The minimum Gasteiger partial charge on any atom is -0.493 e. The van der Waals surface area contributed by atoms with Gasteiger partial charge in [-0.3, -0.25) is 56.7 Å². The smallest absolute Gasteiger partial charge is 0.476 e. The van der Waals surface area contributed by atoms with Gasteiger partial charge >= 0.3 is 7.82 Å². The van der Waals surface area contributed by atoms with Crippen LogP contribution in [0.15, 0.2) is 165 Å². The average Bonchev–Trinajstić information content (AvgIpc) is 1.57. The highest BCUT2D eigenvalue weighted by atomic mass is 31.2. The molecule has 6 aromatic heterocycles. The molecule has 0 unspecified atom stereocenters. The number of fused-ring (bicyclic) bond motifs is 3. The quantitative estimate of drug-likeness (QED) is 0.0153. The maximum atomic E-state index is 19.3. The van der Waals surface area contributed by atoms with Gasteiger partial charge in [-0.1, -0.05) is 143 Å². The van der Waals surface area contributed by atoms with Crippen molar-refractivity contribution in [2.75, 3.05) is 112 Å². The van der Waals surface area contributed by atoms with E-state index in [0.717, 1.165) is 19.3 Å². The van der Waals surface area contributed by atoms with Crippen molar-refractivity contribution in [2.24, 2.45) is 32.5 Å². The van der Waals surface area contributed by atoms with E-state index in [-0.39, 0.29) is 75.3 Å². The zero-order chi connectivity index (χ0) is 105. The van der Waals surface area contributed by atoms with Gasteiger partial charge in [-0.15, -0.1) is 0 Å². The number of phosphoric ester groups is 1. The Bertz CT molecular complexity index is 6000. The standard InChI is InChI=1S/C108H141F3N21O13P/c1-100(2,3)106(101(4,5)6,91-37-25-40-127(91)43-28-46-140-88-55-82-79(52-85(88)137-19)97(115-67-112-82)124-76-58-118-130(61-76)64-94(133)121-73-34-22-31-70(109)49-73)143-146(136,144-107(102(7,8)9,103(10,11)12)92-38-26-41-128(92)44-29-47-141-89-56-83-80(53-86(89)138-20)98(116-68-113-83)125-77-59-119-131(62-77)65-95(134)122-74-35-23-32-71(110)50-74)145-108(104(13,14)15,105(16,17)18)93-39-27-42-129(93)45-30-48-142-90-57-84-81(54-87(90)139-21)99(117-69-114-84)126-78-60-120-132(63-78)66-96(135)123-75-36-24-33-72(111)51-75/h22-24,31-36,49-63,67-69,91-93H,25-30,37-48,64-66H2,1-21H3,(H,121,133)(H,122,134)(H,123,135)(H,112,115,124)(H,113,116,125)(H,114,117,126)/t91-,92-,93-/m0/s1. The van der Waals surface area contributed by atoms with Crippen molar-refractivity contribution in [3.63, 3.8) is 0 Å². The lowest BCUT2D eigenvalue weighted by atomic mass is 9.58. The van der Waals surface area contributed by atoms with Crippen LogP contribution in [0, 0.1) is 49.9 Å². The van der Waals surface area contributed by atoms with Gasteiger partial charge in [-0.2, -0.15) is 15.3 Å². The molecular weight excluding hydrogens is 1890 g/mol. The van der Waals surface area contributed by atoms with Crippen LogP contribution in [0.1, 0.15) is 182 Å². The largest absolute Gasteiger partial charge is 0.493 e. The number of carbonyl (C=O) groups is 3. The first-order valence-corrected chi connectivity index (χ1v) is 51.5. The lowest BCUT2D eigenvalue weighted by Crippen LogP contribution is -2.69. The van der Waals surface area contributed by atoms with E-state index in [2.05, 4.69) is 216 Å². The summed E-state index contributed by atoms with van der Waals surface area (Å²) in [5.74, 6) is 1.71. The fourth-order valence-corrected chi connectivity index (χ4v) is 26.2. The molecule has 3 aliphatic rings. The van der Waals surface area contributed by atoms with Crippen molar-refractivity contribution in [1.29, 1.82) is 0 Å². The number of rotatable bonds is 42. The number of amides is 3. The van der Waals surface area contributed by atoms with E-state index < -0.39 is 74.6 Å². The van der Waals surface area contributed by atoms with E-state index in [1.165, 1.54) is 87.6 Å². The molecule has 0 spiro atoms. The maximum absolute atomic E-state index is 19.3. The van der Waals surface area contributed by atoms with E-state index in [0.29, 0.717) is 197 Å². The summed E-state index contributed by atoms with van der Waals surface area (Å²) in [7, 11) is -0.379. The van der Waals surface area contributed by atoms with Crippen molar-refractivity contribution in [1.82, 2.24) is 73.9 Å². The molecule has 6 aromatic carbocycles. The summed E-state index contributed by atoms with van der Waals surface area (Å²) in [6.07, 6.45) is 20.5. The molecule has 0 radical (unpaired) electrons. The Balaban J connectivity index is 0.709. The van der Waals surface area contributed by atoms with Crippen molar-refractivity contribution >= 4 is 110 Å². The van der Waals surface area contributed by atoms with E-state index in [4.69, 9.17) is 42.0 Å². The summed E-state index contributed by atoms with van der Waals surface area (Å²) >= 11 is 0. The molecule has 3 atom stereocenters. The molecule has 146 heavy (non-hydrogen) atoms. The highest BCUT2D eigenvalue weighted by Crippen LogP contribution is 2.73. The van der Waals surface area contributed by atoms with Gasteiger partial charge in [-0.05, 0) is 183 Å². The van der Waals surface area contributed by atoms with Crippen LogP contribution in [0.5, 0.6) is 34.5 Å². The second-order valence-electron chi connectivity index (χ2n) is 44.2. The Kier molecular flexibility index (Phi) is 32.6. The monoisotopic (exact) mass is 2030 g/mol. The number of nitrogens with zero attached hydrogens (tertiary/aromatic N) is 15. The molecule has 9 heterocycles. The number of anilines is 9. The topological polar surface area (TPSA) is 364 Å². The molecule has 3 fully saturated rings. The molecule has 0 saturated carbocycles. The van der Waals surface area contributed by atoms with Gasteiger partial charge in [-0.25, -0.2) is 47.6 Å². The number of hydrogen-bond acceptors (Lipinski definition) is 28. The summed E-state index contributed by atoms with van der Waals surface area (Å²) < 4.78 is 130. The van der Waals surface area contributed by atoms with E-state index >= 15 is 4.57 Å². The Labute approximate surface area is 852 Å². The highest BCUT2D eigenvalue weighted by molar-refractivity contribution is 7.48. The van der Waals surface area contributed by atoms with Crippen LogP contribution in [0.3, 0.4) is 0 Å². The number of likely N-dealkylation sites (tertiary alicyclic amines) is 3. The van der Waals surface area contributed by atoms with Gasteiger partial charge in [0.15, 0.2) is 34.5 Å². The Morgan fingerprint density at radius 2 is 0.630 bits per heavy atom. The number of carbonyl (C=O) groups excluding carboxylic acids is 3. The van der Waals surface area contributed by atoms with Crippen molar-refractivity contribution in [2.45, 2.75) is 237 Å². The number of phosphoric acid groups is 1. The van der Waals surface area contributed by atoms with E-state index in [1.807, 2.05) is 36.4 Å². The zero-order valence-corrected chi connectivity index (χ0v) is 88.7. The van der Waals surface area contributed by atoms with E-state index in [1.54, 1.807) is 76.7 Å². The van der Waals surface area contributed by atoms with Crippen LogP contribution < -0.4 is 60.3 Å². The van der Waals surface area contributed by atoms with Crippen LogP contribution in [-0.4, -0.2) is 207 Å². The Morgan fingerprint density at radius 3 is 0.877 bits per heavy atom. The van der Waals surface area contributed by atoms with Gasteiger partial charge < -0.3 is 60.3 Å². The molecule has 3 saturated heterocycles. The van der Waals surface area contributed by atoms with Gasteiger partial charge in [0.1, 0.15) is 90.3 Å². The summed E-state index contributed by atoms with van der Waals surface area (Å²) in [5.41, 5.74) is -4.17.